The van der Waals surface area contributed by atoms with Crippen LogP contribution in [0.5, 0.6) is 0 Å². The van der Waals surface area contributed by atoms with Gasteiger partial charge in [-0.15, -0.1) is 0 Å². The van der Waals surface area contributed by atoms with E-state index in [1.807, 2.05) is 56.3 Å². The zero-order valence-electron chi connectivity index (χ0n) is 15.7. The van der Waals surface area contributed by atoms with Crippen molar-refractivity contribution in [3.63, 3.8) is 0 Å². The van der Waals surface area contributed by atoms with Crippen LogP contribution in [-0.4, -0.2) is 20.1 Å². The van der Waals surface area contributed by atoms with Crippen LogP contribution >= 0.6 is 11.8 Å². The lowest BCUT2D eigenvalue weighted by molar-refractivity contribution is 0.371. The van der Waals surface area contributed by atoms with E-state index in [0.717, 1.165) is 27.7 Å². The average molecular weight is 388 g/mol. The molecule has 5 nitrogen and oxygen atoms in total. The molecule has 28 heavy (non-hydrogen) atoms. The van der Waals surface area contributed by atoms with Crippen LogP contribution in [0.3, 0.4) is 0 Å². The summed E-state index contributed by atoms with van der Waals surface area (Å²) in [6.45, 7) is 3.94. The SMILES string of the molecule is Cc1cc(C)nc(SCc2noc(C(c3ccccc3)c3ccccc3)n2)n1. The molecular weight excluding hydrogens is 368 g/mol. The summed E-state index contributed by atoms with van der Waals surface area (Å²) in [6, 6.07) is 22.4. The Hall–Kier alpha value is -2.99. The van der Waals surface area contributed by atoms with Crippen LogP contribution in [0.1, 0.15) is 40.1 Å². The van der Waals surface area contributed by atoms with E-state index in [1.54, 1.807) is 0 Å². The molecule has 2 aromatic carbocycles. The molecule has 0 saturated carbocycles. The highest BCUT2D eigenvalue weighted by Crippen LogP contribution is 2.31. The molecule has 0 aliphatic heterocycles. The quantitative estimate of drug-likeness (QED) is 0.344. The Kier molecular flexibility index (Phi) is 5.48. The van der Waals surface area contributed by atoms with Gasteiger partial charge in [-0.1, -0.05) is 77.6 Å². The molecule has 2 heterocycles. The summed E-state index contributed by atoms with van der Waals surface area (Å²) in [5, 5.41) is 4.91. The summed E-state index contributed by atoms with van der Waals surface area (Å²) in [6.07, 6.45) is 0. The number of hydrogen-bond donors (Lipinski definition) is 0. The number of nitrogens with zero attached hydrogens (tertiary/aromatic N) is 4. The molecule has 0 unspecified atom stereocenters. The zero-order valence-corrected chi connectivity index (χ0v) is 16.6. The lowest BCUT2D eigenvalue weighted by atomic mass is 9.91. The van der Waals surface area contributed by atoms with Crippen molar-refractivity contribution in [3.8, 4) is 0 Å². The number of benzene rings is 2. The molecule has 4 rings (SSSR count). The summed E-state index contributed by atoms with van der Waals surface area (Å²) in [7, 11) is 0. The highest BCUT2D eigenvalue weighted by atomic mass is 32.2. The molecule has 0 atom stereocenters. The first-order valence-corrected chi connectivity index (χ1v) is 10.0. The topological polar surface area (TPSA) is 64.7 Å². The molecule has 140 valence electrons. The predicted molar refractivity (Wildman–Crippen MR) is 109 cm³/mol. The van der Waals surface area contributed by atoms with E-state index in [2.05, 4.69) is 44.4 Å². The number of aryl methyl sites for hydroxylation is 2. The molecule has 2 aromatic heterocycles. The molecule has 0 fully saturated rings. The van der Waals surface area contributed by atoms with Crippen LogP contribution in [0, 0.1) is 13.8 Å². The van der Waals surface area contributed by atoms with Crippen molar-refractivity contribution in [3.05, 3.63) is 101 Å². The Balaban J connectivity index is 1.58. The van der Waals surface area contributed by atoms with Crippen molar-refractivity contribution in [1.82, 2.24) is 20.1 Å². The lowest BCUT2D eigenvalue weighted by Crippen LogP contribution is -2.03. The van der Waals surface area contributed by atoms with Crippen LogP contribution < -0.4 is 0 Å². The van der Waals surface area contributed by atoms with Gasteiger partial charge in [0.05, 0.1) is 11.7 Å². The van der Waals surface area contributed by atoms with E-state index in [0.29, 0.717) is 17.5 Å². The third kappa shape index (κ3) is 4.28. The molecule has 0 saturated heterocycles. The van der Waals surface area contributed by atoms with Gasteiger partial charge >= 0.3 is 0 Å². The second-order valence-electron chi connectivity index (χ2n) is 6.53. The van der Waals surface area contributed by atoms with Crippen molar-refractivity contribution >= 4 is 11.8 Å². The summed E-state index contributed by atoms with van der Waals surface area (Å²) < 4.78 is 5.66. The van der Waals surface area contributed by atoms with Gasteiger partial charge in [-0.25, -0.2) is 9.97 Å². The molecule has 0 aliphatic carbocycles. The molecule has 4 aromatic rings. The monoisotopic (exact) mass is 388 g/mol. The van der Waals surface area contributed by atoms with E-state index < -0.39 is 0 Å². The summed E-state index contributed by atoms with van der Waals surface area (Å²) in [4.78, 5) is 13.6. The first kappa shape index (κ1) is 18.4. The summed E-state index contributed by atoms with van der Waals surface area (Å²) in [5.41, 5.74) is 4.15. The molecule has 0 radical (unpaired) electrons. The zero-order chi connectivity index (χ0) is 19.3. The minimum atomic E-state index is -0.0916. The molecule has 6 heteroatoms. The van der Waals surface area contributed by atoms with Crippen molar-refractivity contribution < 1.29 is 4.52 Å². The first-order valence-electron chi connectivity index (χ1n) is 9.06. The largest absolute Gasteiger partial charge is 0.338 e. The molecule has 0 amide bonds. The Bertz CT molecular complexity index is 991. The van der Waals surface area contributed by atoms with Crippen LogP contribution in [0.25, 0.3) is 0 Å². The number of hydrogen-bond acceptors (Lipinski definition) is 6. The fourth-order valence-corrected chi connectivity index (χ4v) is 3.89. The average Bonchev–Trinajstić information content (AvgIpc) is 3.16. The van der Waals surface area contributed by atoms with E-state index in [9.17, 15) is 0 Å². The van der Waals surface area contributed by atoms with Gasteiger partial charge in [0, 0.05) is 11.4 Å². The number of rotatable bonds is 6. The van der Waals surface area contributed by atoms with Crippen LogP contribution in [0.4, 0.5) is 0 Å². The number of thioether (sulfide) groups is 1. The van der Waals surface area contributed by atoms with E-state index >= 15 is 0 Å². The fourth-order valence-electron chi connectivity index (χ4n) is 3.10. The van der Waals surface area contributed by atoms with Gasteiger partial charge in [0.15, 0.2) is 11.0 Å². The van der Waals surface area contributed by atoms with Crippen LogP contribution in [0.2, 0.25) is 0 Å². The highest BCUT2D eigenvalue weighted by Gasteiger charge is 2.23. The predicted octanol–water partition coefficient (Wildman–Crippen LogP) is 4.95. The Morgan fingerprint density at radius 3 is 1.96 bits per heavy atom. The standard InChI is InChI=1S/C22H20N4OS/c1-15-13-16(2)24-22(23-15)28-14-19-25-21(27-26-19)20(17-9-5-3-6-10-17)18-11-7-4-8-12-18/h3-13,20H,14H2,1-2H3. The van der Waals surface area contributed by atoms with Gasteiger partial charge in [-0.05, 0) is 31.0 Å². The Morgan fingerprint density at radius 2 is 1.39 bits per heavy atom. The second kappa shape index (κ2) is 8.35. The summed E-state index contributed by atoms with van der Waals surface area (Å²) >= 11 is 1.51. The van der Waals surface area contributed by atoms with Gasteiger partial charge < -0.3 is 4.52 Å². The maximum Gasteiger partial charge on any atom is 0.238 e. The Morgan fingerprint density at radius 1 is 0.821 bits per heavy atom. The van der Waals surface area contributed by atoms with E-state index in [1.165, 1.54) is 11.8 Å². The van der Waals surface area contributed by atoms with E-state index in [-0.39, 0.29) is 5.92 Å². The maximum atomic E-state index is 5.66. The van der Waals surface area contributed by atoms with Gasteiger partial charge in [-0.2, -0.15) is 4.98 Å². The molecular formula is C22H20N4OS. The second-order valence-corrected chi connectivity index (χ2v) is 7.47. The van der Waals surface area contributed by atoms with Gasteiger partial charge in [-0.3, -0.25) is 0 Å². The number of aromatic nitrogens is 4. The van der Waals surface area contributed by atoms with Crippen molar-refractivity contribution in [1.29, 1.82) is 0 Å². The van der Waals surface area contributed by atoms with Crippen LogP contribution in [-0.2, 0) is 5.75 Å². The summed E-state index contributed by atoms with van der Waals surface area (Å²) in [5.74, 6) is 1.70. The fraction of sp³-hybridized carbons (Fsp3) is 0.182. The smallest absolute Gasteiger partial charge is 0.238 e. The first-order chi connectivity index (χ1) is 13.7. The van der Waals surface area contributed by atoms with Crippen LogP contribution in [0.15, 0.2) is 76.4 Å². The van der Waals surface area contributed by atoms with Crippen molar-refractivity contribution in [2.45, 2.75) is 30.7 Å². The molecule has 0 aliphatic rings. The van der Waals surface area contributed by atoms with Gasteiger partial charge in [0.25, 0.3) is 0 Å². The highest BCUT2D eigenvalue weighted by molar-refractivity contribution is 7.98. The van der Waals surface area contributed by atoms with Gasteiger partial charge in [0.2, 0.25) is 5.89 Å². The normalized spacial score (nSPS) is 11.1. The molecule has 0 N–H and O–H groups in total. The van der Waals surface area contributed by atoms with Crippen molar-refractivity contribution in [2.75, 3.05) is 0 Å². The molecule has 0 spiro atoms. The third-order valence-corrected chi connectivity index (χ3v) is 5.13. The van der Waals surface area contributed by atoms with Crippen molar-refractivity contribution in [2.24, 2.45) is 0 Å². The minimum absolute atomic E-state index is 0.0916. The minimum Gasteiger partial charge on any atom is -0.338 e. The maximum absolute atomic E-state index is 5.66. The van der Waals surface area contributed by atoms with E-state index in [4.69, 9.17) is 4.52 Å². The lowest BCUT2D eigenvalue weighted by Gasteiger charge is -2.13. The van der Waals surface area contributed by atoms with Gasteiger partial charge in [0.1, 0.15) is 0 Å². The molecule has 0 bridgehead atoms. The third-order valence-electron chi connectivity index (χ3n) is 4.29. The Labute approximate surface area is 168 Å².